The highest BCUT2D eigenvalue weighted by Gasteiger charge is 2.26. The van der Waals surface area contributed by atoms with E-state index >= 15 is 0 Å². The van der Waals surface area contributed by atoms with Crippen molar-refractivity contribution in [3.05, 3.63) is 28.3 Å². The SMILES string of the molecule is CCOC(=O)c1cc(C)c2c(c1C)C(O)CCS2. The number of ether oxygens (including phenoxy) is 1. The lowest BCUT2D eigenvalue weighted by Gasteiger charge is -2.26. The van der Waals surface area contributed by atoms with Crippen molar-refractivity contribution in [2.24, 2.45) is 0 Å². The van der Waals surface area contributed by atoms with Crippen molar-refractivity contribution >= 4 is 17.7 Å². The van der Waals surface area contributed by atoms with Crippen LogP contribution in [0.25, 0.3) is 0 Å². The Morgan fingerprint density at radius 1 is 1.56 bits per heavy atom. The molecule has 1 aromatic carbocycles. The van der Waals surface area contributed by atoms with E-state index in [9.17, 15) is 9.90 Å². The number of hydrogen-bond acceptors (Lipinski definition) is 4. The minimum atomic E-state index is -0.464. The van der Waals surface area contributed by atoms with Crippen LogP contribution in [0.3, 0.4) is 0 Å². The van der Waals surface area contributed by atoms with Crippen molar-refractivity contribution in [1.29, 1.82) is 0 Å². The van der Waals surface area contributed by atoms with Gasteiger partial charge in [-0.05, 0) is 49.9 Å². The number of aliphatic hydroxyl groups excluding tert-OH is 1. The van der Waals surface area contributed by atoms with E-state index in [0.29, 0.717) is 12.2 Å². The lowest BCUT2D eigenvalue weighted by molar-refractivity contribution is 0.0524. The van der Waals surface area contributed by atoms with Gasteiger partial charge >= 0.3 is 5.97 Å². The fraction of sp³-hybridized carbons (Fsp3) is 0.500. The molecule has 0 radical (unpaired) electrons. The van der Waals surface area contributed by atoms with Crippen molar-refractivity contribution in [2.75, 3.05) is 12.4 Å². The van der Waals surface area contributed by atoms with E-state index in [0.717, 1.165) is 33.8 Å². The van der Waals surface area contributed by atoms with E-state index in [1.165, 1.54) is 0 Å². The zero-order valence-electron chi connectivity index (χ0n) is 10.9. The van der Waals surface area contributed by atoms with Crippen LogP contribution in [0.5, 0.6) is 0 Å². The van der Waals surface area contributed by atoms with Gasteiger partial charge in [-0.2, -0.15) is 0 Å². The molecule has 0 bridgehead atoms. The molecule has 3 nitrogen and oxygen atoms in total. The number of thioether (sulfide) groups is 1. The topological polar surface area (TPSA) is 46.5 Å². The molecule has 1 heterocycles. The van der Waals surface area contributed by atoms with E-state index in [1.54, 1.807) is 18.7 Å². The van der Waals surface area contributed by atoms with Gasteiger partial charge in [0.15, 0.2) is 0 Å². The summed E-state index contributed by atoms with van der Waals surface area (Å²) in [4.78, 5) is 13.0. The average molecular weight is 266 g/mol. The molecule has 1 aliphatic heterocycles. The minimum absolute atomic E-state index is 0.302. The lowest BCUT2D eigenvalue weighted by Crippen LogP contribution is -2.15. The number of benzene rings is 1. The molecule has 1 aromatic rings. The zero-order valence-corrected chi connectivity index (χ0v) is 11.8. The molecule has 0 spiro atoms. The van der Waals surface area contributed by atoms with Crippen molar-refractivity contribution in [3.63, 3.8) is 0 Å². The summed E-state index contributed by atoms with van der Waals surface area (Å²) in [5.74, 6) is 0.622. The Hall–Kier alpha value is -1.00. The van der Waals surface area contributed by atoms with E-state index in [4.69, 9.17) is 4.74 Å². The second-order valence-corrected chi connectivity index (χ2v) is 5.59. The van der Waals surface area contributed by atoms with E-state index in [2.05, 4.69) is 0 Å². The monoisotopic (exact) mass is 266 g/mol. The zero-order chi connectivity index (χ0) is 13.3. The normalized spacial score (nSPS) is 18.3. The first-order valence-corrected chi connectivity index (χ1v) is 7.16. The van der Waals surface area contributed by atoms with Crippen LogP contribution in [0, 0.1) is 13.8 Å². The predicted molar refractivity (Wildman–Crippen MR) is 72.2 cm³/mol. The van der Waals surface area contributed by atoms with Gasteiger partial charge in [-0.3, -0.25) is 0 Å². The highest BCUT2D eigenvalue weighted by Crippen LogP contribution is 2.41. The quantitative estimate of drug-likeness (QED) is 0.836. The molecule has 18 heavy (non-hydrogen) atoms. The molecule has 1 aliphatic rings. The number of carbonyl (C=O) groups excluding carboxylic acids is 1. The molecule has 0 saturated carbocycles. The third-order valence-electron chi connectivity index (χ3n) is 3.24. The van der Waals surface area contributed by atoms with Crippen LogP contribution in [0.2, 0.25) is 0 Å². The number of carbonyl (C=O) groups is 1. The first-order valence-electron chi connectivity index (χ1n) is 6.18. The maximum absolute atomic E-state index is 11.9. The van der Waals surface area contributed by atoms with E-state index in [-0.39, 0.29) is 5.97 Å². The third kappa shape index (κ3) is 2.27. The summed E-state index contributed by atoms with van der Waals surface area (Å²) >= 11 is 1.75. The predicted octanol–water partition coefficient (Wildman–Crippen LogP) is 3.01. The van der Waals surface area contributed by atoms with Crippen LogP contribution in [-0.4, -0.2) is 23.4 Å². The van der Waals surface area contributed by atoms with Crippen LogP contribution in [0.4, 0.5) is 0 Å². The van der Waals surface area contributed by atoms with Crippen molar-refractivity contribution in [1.82, 2.24) is 0 Å². The highest BCUT2D eigenvalue weighted by molar-refractivity contribution is 7.99. The summed E-state index contributed by atoms with van der Waals surface area (Å²) in [6, 6.07) is 1.87. The Kier molecular flexibility index (Phi) is 3.97. The maximum Gasteiger partial charge on any atom is 0.338 e. The van der Waals surface area contributed by atoms with Gasteiger partial charge < -0.3 is 9.84 Å². The van der Waals surface area contributed by atoms with Crippen LogP contribution in [-0.2, 0) is 4.74 Å². The molecule has 1 atom stereocenters. The molecule has 1 N–H and O–H groups in total. The van der Waals surface area contributed by atoms with Gasteiger partial charge in [-0.1, -0.05) is 0 Å². The van der Waals surface area contributed by atoms with Gasteiger partial charge in [0.25, 0.3) is 0 Å². The van der Waals surface area contributed by atoms with Gasteiger partial charge in [-0.15, -0.1) is 11.8 Å². The third-order valence-corrected chi connectivity index (χ3v) is 4.51. The summed E-state index contributed by atoms with van der Waals surface area (Å²) in [6.45, 7) is 6.03. The molecule has 4 heteroatoms. The van der Waals surface area contributed by atoms with Crippen molar-refractivity contribution in [2.45, 2.75) is 38.2 Å². The first kappa shape index (κ1) is 13.4. The number of esters is 1. The van der Waals surface area contributed by atoms with E-state index in [1.807, 2.05) is 19.9 Å². The summed E-state index contributed by atoms with van der Waals surface area (Å²) in [7, 11) is 0. The lowest BCUT2D eigenvalue weighted by atomic mass is 9.94. The van der Waals surface area contributed by atoms with E-state index < -0.39 is 6.10 Å². The Bertz CT molecular complexity index is 482. The van der Waals surface area contributed by atoms with Crippen LogP contribution in [0.15, 0.2) is 11.0 Å². The molecule has 0 aliphatic carbocycles. The second-order valence-electron chi connectivity index (χ2n) is 4.48. The largest absolute Gasteiger partial charge is 0.462 e. The Labute approximate surface area is 112 Å². The number of aliphatic hydroxyl groups is 1. The molecule has 2 rings (SSSR count). The standard InChI is InChI=1S/C14H18O3S/c1-4-17-14(16)10-7-8(2)13-12(9(10)3)11(15)5-6-18-13/h7,11,15H,4-6H2,1-3H3. The number of aryl methyl sites for hydroxylation is 1. The molecule has 0 fully saturated rings. The minimum Gasteiger partial charge on any atom is -0.462 e. The van der Waals surface area contributed by atoms with Crippen molar-refractivity contribution in [3.8, 4) is 0 Å². The van der Waals surface area contributed by atoms with Gasteiger partial charge in [0.1, 0.15) is 0 Å². The van der Waals surface area contributed by atoms with Crippen LogP contribution in [0.1, 0.15) is 46.5 Å². The van der Waals surface area contributed by atoms with Crippen LogP contribution >= 0.6 is 11.8 Å². The highest BCUT2D eigenvalue weighted by atomic mass is 32.2. The Morgan fingerprint density at radius 2 is 2.28 bits per heavy atom. The molecule has 98 valence electrons. The fourth-order valence-corrected chi connectivity index (χ4v) is 3.63. The Morgan fingerprint density at radius 3 is 2.94 bits per heavy atom. The van der Waals surface area contributed by atoms with Gasteiger partial charge in [0.05, 0.1) is 18.3 Å². The smallest absolute Gasteiger partial charge is 0.338 e. The summed E-state index contributed by atoms with van der Waals surface area (Å²) in [5.41, 5.74) is 3.39. The molecule has 0 amide bonds. The molecule has 0 aromatic heterocycles. The Balaban J connectivity index is 2.54. The number of fused-ring (bicyclic) bond motifs is 1. The fourth-order valence-electron chi connectivity index (χ4n) is 2.35. The van der Waals surface area contributed by atoms with Crippen LogP contribution < -0.4 is 0 Å². The summed E-state index contributed by atoms with van der Waals surface area (Å²) < 4.78 is 5.06. The van der Waals surface area contributed by atoms with Gasteiger partial charge in [-0.25, -0.2) is 4.79 Å². The van der Waals surface area contributed by atoms with Gasteiger partial charge in [0, 0.05) is 10.6 Å². The summed E-state index contributed by atoms with van der Waals surface area (Å²) in [5, 5.41) is 10.1. The summed E-state index contributed by atoms with van der Waals surface area (Å²) in [6.07, 6.45) is 0.277. The molecular weight excluding hydrogens is 248 g/mol. The van der Waals surface area contributed by atoms with Gasteiger partial charge in [0.2, 0.25) is 0 Å². The molecule has 0 saturated heterocycles. The number of hydrogen-bond donors (Lipinski definition) is 1. The second kappa shape index (κ2) is 5.33. The van der Waals surface area contributed by atoms with Crippen molar-refractivity contribution < 1.29 is 14.6 Å². The first-order chi connectivity index (χ1) is 8.56. The number of rotatable bonds is 2. The average Bonchev–Trinajstić information content (AvgIpc) is 2.33. The molecule has 1 unspecified atom stereocenters. The molecular formula is C14H18O3S. The maximum atomic E-state index is 11.9.